The lowest BCUT2D eigenvalue weighted by molar-refractivity contribution is 0.0954. The molecule has 1 heterocycles. The van der Waals surface area contributed by atoms with Crippen LogP contribution in [-0.4, -0.2) is 34.1 Å². The van der Waals surface area contributed by atoms with Crippen LogP contribution in [-0.2, 0) is 0 Å². The van der Waals surface area contributed by atoms with Crippen molar-refractivity contribution in [3.05, 3.63) is 96.2 Å². The Morgan fingerprint density at radius 3 is 2.61 bits per heavy atom. The number of phenols is 1. The summed E-state index contributed by atoms with van der Waals surface area (Å²) < 4.78 is 7.24. The van der Waals surface area contributed by atoms with Gasteiger partial charge in [-0.2, -0.15) is 10.2 Å². The second kappa shape index (κ2) is 8.96. The van der Waals surface area contributed by atoms with Gasteiger partial charge in [0.1, 0.15) is 17.2 Å². The Morgan fingerprint density at radius 2 is 1.84 bits per heavy atom. The van der Waals surface area contributed by atoms with Crippen LogP contribution in [0.15, 0.2) is 90.2 Å². The van der Waals surface area contributed by atoms with Crippen LogP contribution in [0, 0.1) is 0 Å². The van der Waals surface area contributed by atoms with Gasteiger partial charge in [-0.05, 0) is 42.5 Å². The molecule has 0 spiro atoms. The average Bonchev–Trinajstić information content (AvgIpc) is 3.23. The van der Waals surface area contributed by atoms with E-state index < -0.39 is 5.91 Å². The molecule has 4 aromatic rings. The zero-order valence-corrected chi connectivity index (χ0v) is 16.8. The minimum atomic E-state index is -0.429. The van der Waals surface area contributed by atoms with Crippen molar-refractivity contribution < 1.29 is 14.6 Å². The first-order valence-corrected chi connectivity index (χ1v) is 9.56. The Bertz CT molecular complexity index is 1230. The van der Waals surface area contributed by atoms with Gasteiger partial charge in [-0.1, -0.05) is 36.4 Å². The highest BCUT2D eigenvalue weighted by Gasteiger charge is 2.15. The van der Waals surface area contributed by atoms with E-state index in [9.17, 15) is 9.90 Å². The maximum absolute atomic E-state index is 12.3. The van der Waals surface area contributed by atoms with Crippen LogP contribution in [0.5, 0.6) is 11.5 Å². The van der Waals surface area contributed by atoms with E-state index in [1.807, 2.05) is 60.8 Å². The number of nitrogens with one attached hydrogen (secondary N) is 1. The quantitative estimate of drug-likeness (QED) is 0.370. The maximum Gasteiger partial charge on any atom is 0.271 e. The number of hydrogen-bond acceptors (Lipinski definition) is 5. The van der Waals surface area contributed by atoms with Crippen molar-refractivity contribution in [2.24, 2.45) is 5.10 Å². The zero-order chi connectivity index (χ0) is 21.6. The smallest absolute Gasteiger partial charge is 0.271 e. The number of nitrogens with zero attached hydrogens (tertiary/aromatic N) is 3. The Labute approximate surface area is 179 Å². The summed E-state index contributed by atoms with van der Waals surface area (Å²) in [7, 11) is 1.61. The molecule has 154 valence electrons. The average molecular weight is 412 g/mol. The number of methoxy groups -OCH3 is 1. The van der Waals surface area contributed by atoms with Gasteiger partial charge < -0.3 is 9.84 Å². The van der Waals surface area contributed by atoms with Crippen LogP contribution in [0.2, 0.25) is 0 Å². The molecule has 7 nitrogen and oxygen atoms in total. The summed E-state index contributed by atoms with van der Waals surface area (Å²) in [5, 5.41) is 18.4. The molecule has 0 aliphatic rings. The monoisotopic (exact) mass is 412 g/mol. The van der Waals surface area contributed by atoms with E-state index in [2.05, 4.69) is 10.5 Å². The predicted molar refractivity (Wildman–Crippen MR) is 119 cm³/mol. The second-order valence-corrected chi connectivity index (χ2v) is 6.66. The van der Waals surface area contributed by atoms with E-state index in [1.165, 1.54) is 18.3 Å². The molecular weight excluding hydrogens is 392 g/mol. The number of amides is 1. The fourth-order valence-corrected chi connectivity index (χ4v) is 3.12. The molecule has 0 fully saturated rings. The molecule has 1 aromatic heterocycles. The van der Waals surface area contributed by atoms with E-state index in [0.29, 0.717) is 22.6 Å². The summed E-state index contributed by atoms with van der Waals surface area (Å²) in [6, 6.07) is 23.3. The Kier molecular flexibility index (Phi) is 5.75. The molecule has 0 aliphatic heterocycles. The minimum Gasteiger partial charge on any atom is -0.508 e. The number of rotatable bonds is 6. The molecule has 1 amide bonds. The zero-order valence-electron chi connectivity index (χ0n) is 16.8. The molecule has 0 aliphatic carbocycles. The number of hydrogen-bond donors (Lipinski definition) is 2. The lowest BCUT2D eigenvalue weighted by Gasteiger charge is -2.06. The van der Waals surface area contributed by atoms with E-state index in [0.717, 1.165) is 11.3 Å². The minimum absolute atomic E-state index is 0.0132. The van der Waals surface area contributed by atoms with Gasteiger partial charge in [0.05, 0.1) is 19.0 Å². The molecule has 0 radical (unpaired) electrons. The van der Waals surface area contributed by atoms with Crippen molar-refractivity contribution in [1.82, 2.24) is 15.2 Å². The number of aromatic nitrogens is 2. The van der Waals surface area contributed by atoms with Gasteiger partial charge in [-0.3, -0.25) is 4.79 Å². The number of phenolic OH excluding ortho intramolecular Hbond substituents is 1. The first kappa shape index (κ1) is 19.9. The molecular formula is C24H20N4O3. The number of aromatic hydroxyl groups is 1. The predicted octanol–water partition coefficient (Wildman–Crippen LogP) is 4.02. The fourth-order valence-electron chi connectivity index (χ4n) is 3.12. The Morgan fingerprint density at radius 1 is 1.06 bits per heavy atom. The third kappa shape index (κ3) is 4.45. The molecule has 0 bridgehead atoms. The van der Waals surface area contributed by atoms with E-state index in [1.54, 1.807) is 23.9 Å². The number of carbonyl (C=O) groups excluding carboxylic acids is 1. The summed E-state index contributed by atoms with van der Waals surface area (Å²) >= 11 is 0. The molecule has 0 atom stereocenters. The van der Waals surface area contributed by atoms with Crippen LogP contribution in [0.1, 0.15) is 15.9 Å². The lowest BCUT2D eigenvalue weighted by atomic mass is 10.1. The van der Waals surface area contributed by atoms with E-state index >= 15 is 0 Å². The van der Waals surface area contributed by atoms with Crippen LogP contribution >= 0.6 is 0 Å². The highest BCUT2D eigenvalue weighted by atomic mass is 16.5. The standard InChI is InChI=1S/C24H20N4O3/c1-31-22-13-6-5-12-21(22)23-18(16-28(27-23)19-9-3-2-4-10-19)15-25-26-24(30)17-8-7-11-20(29)14-17/h2-16,29H,1H3,(H,26,30)/b25-15-. The van der Waals surface area contributed by atoms with Gasteiger partial charge >= 0.3 is 0 Å². The van der Waals surface area contributed by atoms with Gasteiger partial charge in [0.15, 0.2) is 0 Å². The number of benzene rings is 3. The van der Waals surface area contributed by atoms with Crippen LogP contribution in [0.3, 0.4) is 0 Å². The fraction of sp³-hybridized carbons (Fsp3) is 0.0417. The molecule has 31 heavy (non-hydrogen) atoms. The van der Waals surface area contributed by atoms with Crippen LogP contribution in [0.25, 0.3) is 16.9 Å². The molecule has 4 rings (SSSR count). The number of ether oxygens (including phenoxy) is 1. The topological polar surface area (TPSA) is 88.7 Å². The van der Waals surface area contributed by atoms with Crippen molar-refractivity contribution in [3.8, 4) is 28.4 Å². The van der Waals surface area contributed by atoms with Crippen LogP contribution in [0.4, 0.5) is 0 Å². The molecule has 0 saturated carbocycles. The van der Waals surface area contributed by atoms with Crippen molar-refractivity contribution in [3.63, 3.8) is 0 Å². The summed E-state index contributed by atoms with van der Waals surface area (Å²) in [4.78, 5) is 12.3. The molecule has 0 saturated heterocycles. The number of para-hydroxylation sites is 2. The van der Waals surface area contributed by atoms with E-state index in [4.69, 9.17) is 9.84 Å². The summed E-state index contributed by atoms with van der Waals surface area (Å²) in [6.07, 6.45) is 3.37. The molecule has 3 aromatic carbocycles. The first-order chi connectivity index (χ1) is 15.2. The largest absolute Gasteiger partial charge is 0.508 e. The summed E-state index contributed by atoms with van der Waals surface area (Å²) in [6.45, 7) is 0. The second-order valence-electron chi connectivity index (χ2n) is 6.66. The number of hydrazone groups is 1. The van der Waals surface area contributed by atoms with Crippen molar-refractivity contribution >= 4 is 12.1 Å². The Hall–Kier alpha value is -4.39. The number of carbonyl (C=O) groups is 1. The van der Waals surface area contributed by atoms with Crippen molar-refractivity contribution in [2.75, 3.05) is 7.11 Å². The third-order valence-corrected chi connectivity index (χ3v) is 4.60. The molecule has 7 heteroatoms. The Balaban J connectivity index is 1.68. The maximum atomic E-state index is 12.3. The highest BCUT2D eigenvalue weighted by Crippen LogP contribution is 2.31. The lowest BCUT2D eigenvalue weighted by Crippen LogP contribution is -2.17. The molecule has 0 unspecified atom stereocenters. The van der Waals surface area contributed by atoms with Gasteiger partial charge in [0.25, 0.3) is 5.91 Å². The summed E-state index contributed by atoms with van der Waals surface area (Å²) in [5.41, 5.74) is 5.85. The first-order valence-electron chi connectivity index (χ1n) is 9.56. The third-order valence-electron chi connectivity index (χ3n) is 4.60. The van der Waals surface area contributed by atoms with Gasteiger partial charge in [-0.15, -0.1) is 0 Å². The SMILES string of the molecule is COc1ccccc1-c1nn(-c2ccccc2)cc1/C=N\NC(=O)c1cccc(O)c1. The summed E-state index contributed by atoms with van der Waals surface area (Å²) in [5.74, 6) is 0.264. The van der Waals surface area contributed by atoms with Gasteiger partial charge in [0.2, 0.25) is 0 Å². The highest BCUT2D eigenvalue weighted by molar-refractivity contribution is 5.96. The van der Waals surface area contributed by atoms with Gasteiger partial charge in [-0.25, -0.2) is 10.1 Å². The normalized spacial score (nSPS) is 10.9. The van der Waals surface area contributed by atoms with Gasteiger partial charge in [0, 0.05) is 22.9 Å². The van der Waals surface area contributed by atoms with Crippen LogP contribution < -0.4 is 10.2 Å². The molecule has 2 N–H and O–H groups in total. The van der Waals surface area contributed by atoms with Crippen molar-refractivity contribution in [1.29, 1.82) is 0 Å². The van der Waals surface area contributed by atoms with Crippen molar-refractivity contribution in [2.45, 2.75) is 0 Å². The van der Waals surface area contributed by atoms with E-state index in [-0.39, 0.29) is 5.75 Å².